The Morgan fingerprint density at radius 2 is 1.97 bits per heavy atom. The Hall–Kier alpha value is -3.19. The predicted octanol–water partition coefficient (Wildman–Crippen LogP) is 5.23. The maximum atomic E-state index is 6.14. The summed E-state index contributed by atoms with van der Waals surface area (Å²) in [6.45, 7) is 2.87. The van der Waals surface area contributed by atoms with Crippen LogP contribution in [0.15, 0.2) is 53.2 Å². The third-order valence-corrected chi connectivity index (χ3v) is 5.98. The van der Waals surface area contributed by atoms with Gasteiger partial charge >= 0.3 is 0 Å². The maximum absolute atomic E-state index is 6.14. The molecule has 0 radical (unpaired) electrons. The first kappa shape index (κ1) is 19.8. The van der Waals surface area contributed by atoms with Crippen molar-refractivity contribution < 1.29 is 4.52 Å². The van der Waals surface area contributed by atoms with Crippen LogP contribution in [0.25, 0.3) is 22.7 Å². The molecule has 5 rings (SSSR count). The zero-order valence-corrected chi connectivity index (χ0v) is 18.3. The fraction of sp³-hybridized carbons (Fsp3) is 0.304. The number of hydrogen-bond acceptors (Lipinski definition) is 6. The fourth-order valence-corrected chi connectivity index (χ4v) is 4.40. The number of rotatable bonds is 4. The van der Waals surface area contributed by atoms with Gasteiger partial charge in [0.1, 0.15) is 5.69 Å². The van der Waals surface area contributed by atoms with E-state index in [4.69, 9.17) is 16.1 Å². The first-order valence-electron chi connectivity index (χ1n) is 10.4. The summed E-state index contributed by atoms with van der Waals surface area (Å²) < 4.78 is 7.72. The standard InChI is InChI=1S/C23H23ClN6O/c1-15-12-17(9-10-25-15)22-26-27-23(29(22)2)30-11-4-3-8-20(30)19-14-21(31-28-19)16-6-5-7-18(24)13-16/h5-7,9-10,12-14,20H,3-4,8,11H2,1-2H3. The topological polar surface area (TPSA) is 72.9 Å². The normalized spacial score (nSPS) is 16.6. The Bertz CT molecular complexity index is 1220. The summed E-state index contributed by atoms with van der Waals surface area (Å²) >= 11 is 6.14. The van der Waals surface area contributed by atoms with Crippen LogP contribution in [0.3, 0.4) is 0 Å². The summed E-state index contributed by atoms with van der Waals surface area (Å²) in [4.78, 5) is 6.57. The van der Waals surface area contributed by atoms with Crippen molar-refractivity contribution in [1.29, 1.82) is 0 Å². The minimum atomic E-state index is 0.0837. The van der Waals surface area contributed by atoms with Crippen LogP contribution in [-0.4, -0.2) is 31.4 Å². The van der Waals surface area contributed by atoms with Crippen molar-refractivity contribution in [3.8, 4) is 22.7 Å². The molecule has 1 unspecified atom stereocenters. The number of anilines is 1. The van der Waals surface area contributed by atoms with E-state index in [2.05, 4.69) is 25.2 Å². The lowest BCUT2D eigenvalue weighted by molar-refractivity contribution is 0.392. The molecule has 0 N–H and O–H groups in total. The Balaban J connectivity index is 1.47. The maximum Gasteiger partial charge on any atom is 0.227 e. The zero-order chi connectivity index (χ0) is 21.4. The molecule has 3 aromatic heterocycles. The predicted molar refractivity (Wildman–Crippen MR) is 120 cm³/mol. The molecular formula is C23H23ClN6O. The summed E-state index contributed by atoms with van der Waals surface area (Å²) in [5.74, 6) is 2.38. The highest BCUT2D eigenvalue weighted by Gasteiger charge is 2.30. The molecule has 1 aromatic carbocycles. The van der Waals surface area contributed by atoms with E-state index in [0.717, 1.165) is 60.1 Å². The molecule has 158 valence electrons. The smallest absolute Gasteiger partial charge is 0.227 e. The van der Waals surface area contributed by atoms with E-state index >= 15 is 0 Å². The average Bonchev–Trinajstić information content (AvgIpc) is 3.41. The molecule has 1 fully saturated rings. The van der Waals surface area contributed by atoms with E-state index in [-0.39, 0.29) is 6.04 Å². The Morgan fingerprint density at radius 3 is 2.81 bits per heavy atom. The van der Waals surface area contributed by atoms with Gasteiger partial charge in [0.2, 0.25) is 5.95 Å². The third kappa shape index (κ3) is 3.81. The van der Waals surface area contributed by atoms with E-state index < -0.39 is 0 Å². The summed E-state index contributed by atoms with van der Waals surface area (Å²) in [6, 6.07) is 13.7. The van der Waals surface area contributed by atoms with Gasteiger partial charge in [-0.15, -0.1) is 10.2 Å². The molecule has 31 heavy (non-hydrogen) atoms. The second-order valence-corrected chi connectivity index (χ2v) is 8.34. The largest absolute Gasteiger partial charge is 0.356 e. The van der Waals surface area contributed by atoms with Crippen LogP contribution < -0.4 is 4.90 Å². The van der Waals surface area contributed by atoms with Gasteiger partial charge in [-0.3, -0.25) is 9.55 Å². The van der Waals surface area contributed by atoms with Gasteiger partial charge in [0.25, 0.3) is 0 Å². The molecule has 0 bridgehead atoms. The Labute approximate surface area is 185 Å². The second-order valence-electron chi connectivity index (χ2n) is 7.90. The molecule has 7 nitrogen and oxygen atoms in total. The molecule has 0 saturated carbocycles. The summed E-state index contributed by atoms with van der Waals surface area (Å²) in [7, 11) is 2.01. The quantitative estimate of drug-likeness (QED) is 0.438. The van der Waals surface area contributed by atoms with Crippen LogP contribution in [0.5, 0.6) is 0 Å². The Morgan fingerprint density at radius 1 is 1.06 bits per heavy atom. The summed E-state index contributed by atoms with van der Waals surface area (Å²) in [5.41, 5.74) is 3.78. The first-order valence-corrected chi connectivity index (χ1v) is 10.8. The van der Waals surface area contributed by atoms with Crippen LogP contribution in [-0.2, 0) is 7.05 Å². The van der Waals surface area contributed by atoms with Crippen molar-refractivity contribution in [2.24, 2.45) is 7.05 Å². The molecule has 1 saturated heterocycles. The molecule has 8 heteroatoms. The van der Waals surface area contributed by atoms with E-state index in [9.17, 15) is 0 Å². The van der Waals surface area contributed by atoms with E-state index in [1.807, 2.05) is 61.0 Å². The minimum Gasteiger partial charge on any atom is -0.356 e. The van der Waals surface area contributed by atoms with Gasteiger partial charge in [-0.25, -0.2) is 0 Å². The van der Waals surface area contributed by atoms with E-state index in [0.29, 0.717) is 10.8 Å². The number of pyridine rings is 1. The van der Waals surface area contributed by atoms with Crippen LogP contribution in [0.4, 0.5) is 5.95 Å². The molecule has 1 atom stereocenters. The molecular weight excluding hydrogens is 412 g/mol. The highest BCUT2D eigenvalue weighted by molar-refractivity contribution is 6.30. The molecule has 0 aliphatic carbocycles. The van der Waals surface area contributed by atoms with Gasteiger partial charge in [-0.2, -0.15) is 0 Å². The van der Waals surface area contributed by atoms with Gasteiger partial charge in [0.15, 0.2) is 11.6 Å². The minimum absolute atomic E-state index is 0.0837. The number of aryl methyl sites for hydroxylation is 1. The fourth-order valence-electron chi connectivity index (χ4n) is 4.21. The first-order chi connectivity index (χ1) is 15.1. The van der Waals surface area contributed by atoms with Gasteiger partial charge < -0.3 is 9.42 Å². The summed E-state index contributed by atoms with van der Waals surface area (Å²) in [5, 5.41) is 14.1. The Kier molecular flexibility index (Phi) is 5.19. The van der Waals surface area contributed by atoms with Crippen LogP contribution in [0.1, 0.15) is 36.7 Å². The van der Waals surface area contributed by atoms with E-state index in [1.165, 1.54) is 0 Å². The van der Waals surface area contributed by atoms with E-state index in [1.54, 1.807) is 6.20 Å². The monoisotopic (exact) mass is 434 g/mol. The molecule has 1 aliphatic heterocycles. The van der Waals surface area contributed by atoms with Gasteiger partial charge in [0.05, 0.1) is 6.04 Å². The zero-order valence-electron chi connectivity index (χ0n) is 17.5. The van der Waals surface area contributed by atoms with Crippen molar-refractivity contribution >= 4 is 17.5 Å². The van der Waals surface area contributed by atoms with Crippen molar-refractivity contribution in [2.75, 3.05) is 11.4 Å². The van der Waals surface area contributed by atoms with Gasteiger partial charge in [-0.1, -0.05) is 28.9 Å². The second kappa shape index (κ2) is 8.15. The number of piperidine rings is 1. The van der Waals surface area contributed by atoms with Crippen molar-refractivity contribution in [3.63, 3.8) is 0 Å². The van der Waals surface area contributed by atoms with Gasteiger partial charge in [0, 0.05) is 47.7 Å². The lowest BCUT2D eigenvalue weighted by atomic mass is 9.99. The van der Waals surface area contributed by atoms with Crippen LogP contribution >= 0.6 is 11.6 Å². The highest BCUT2D eigenvalue weighted by Crippen LogP contribution is 2.36. The van der Waals surface area contributed by atoms with Gasteiger partial charge in [-0.05, 0) is 50.5 Å². The molecule has 0 spiro atoms. The SMILES string of the molecule is Cc1cc(-c2nnc(N3CCCCC3c3cc(-c4cccc(Cl)c4)on3)n2C)ccn1. The van der Waals surface area contributed by atoms with Crippen molar-refractivity contribution in [1.82, 2.24) is 24.9 Å². The van der Waals surface area contributed by atoms with Crippen molar-refractivity contribution in [3.05, 3.63) is 65.1 Å². The highest BCUT2D eigenvalue weighted by atomic mass is 35.5. The molecule has 0 amide bonds. The molecule has 1 aliphatic rings. The molecule has 4 aromatic rings. The lowest BCUT2D eigenvalue weighted by Gasteiger charge is -2.34. The number of benzene rings is 1. The van der Waals surface area contributed by atoms with Crippen LogP contribution in [0, 0.1) is 6.92 Å². The van der Waals surface area contributed by atoms with Crippen molar-refractivity contribution in [2.45, 2.75) is 32.2 Å². The number of halogens is 1. The number of nitrogens with zero attached hydrogens (tertiary/aromatic N) is 6. The molecule has 4 heterocycles. The van der Waals surface area contributed by atoms with Crippen LogP contribution in [0.2, 0.25) is 5.02 Å². The average molecular weight is 435 g/mol. The third-order valence-electron chi connectivity index (χ3n) is 5.75. The lowest BCUT2D eigenvalue weighted by Crippen LogP contribution is -2.35. The number of hydrogen-bond donors (Lipinski definition) is 0. The number of aromatic nitrogens is 5. The summed E-state index contributed by atoms with van der Waals surface area (Å²) in [6.07, 6.45) is 5.02.